The van der Waals surface area contributed by atoms with Crippen LogP contribution in [0.4, 0.5) is 11.4 Å². The minimum Gasteiger partial charge on any atom is -0.497 e. The summed E-state index contributed by atoms with van der Waals surface area (Å²) in [5, 5.41) is 3.14. The summed E-state index contributed by atoms with van der Waals surface area (Å²) in [4.78, 5) is 13.1. The van der Waals surface area contributed by atoms with E-state index in [4.69, 9.17) is 21.1 Å². The van der Waals surface area contributed by atoms with Crippen LogP contribution in [-0.2, 0) is 14.8 Å². The number of nitrogens with zero attached hydrogens (tertiary/aromatic N) is 1. The minimum atomic E-state index is -3.77. The summed E-state index contributed by atoms with van der Waals surface area (Å²) in [7, 11) is -0.772. The van der Waals surface area contributed by atoms with Crippen LogP contribution in [0.5, 0.6) is 11.5 Å². The third-order valence-corrected chi connectivity index (χ3v) is 5.81. The number of hydrogen-bond donors (Lipinski definition) is 1. The molecule has 0 radical (unpaired) electrons. The van der Waals surface area contributed by atoms with E-state index in [1.54, 1.807) is 50.2 Å². The first-order chi connectivity index (χ1) is 13.6. The van der Waals surface area contributed by atoms with Crippen molar-refractivity contribution in [3.63, 3.8) is 0 Å². The molecule has 1 atom stereocenters. The van der Waals surface area contributed by atoms with Crippen LogP contribution < -0.4 is 19.1 Å². The summed E-state index contributed by atoms with van der Waals surface area (Å²) in [6, 6.07) is 8.89. The van der Waals surface area contributed by atoms with Gasteiger partial charge in [0.1, 0.15) is 17.5 Å². The van der Waals surface area contributed by atoms with Gasteiger partial charge in [-0.25, -0.2) is 8.42 Å². The number of ether oxygens (including phenoxy) is 2. The lowest BCUT2D eigenvalue weighted by Gasteiger charge is -2.31. The number of halogens is 1. The lowest BCUT2D eigenvalue weighted by atomic mass is 10.1. The predicted octanol–water partition coefficient (Wildman–Crippen LogP) is 3.85. The fourth-order valence-corrected chi connectivity index (χ4v) is 4.40. The summed E-state index contributed by atoms with van der Waals surface area (Å²) in [5.74, 6) is 0.484. The van der Waals surface area contributed by atoms with Gasteiger partial charge in [0.2, 0.25) is 15.9 Å². The number of sulfonamides is 1. The molecule has 158 valence electrons. The monoisotopic (exact) mass is 440 g/mol. The lowest BCUT2D eigenvalue weighted by Crippen LogP contribution is -2.47. The number of anilines is 2. The Morgan fingerprint density at radius 3 is 2.41 bits per heavy atom. The second-order valence-corrected chi connectivity index (χ2v) is 8.77. The van der Waals surface area contributed by atoms with Crippen LogP contribution in [0.3, 0.4) is 0 Å². The number of hydrogen-bond acceptors (Lipinski definition) is 5. The van der Waals surface area contributed by atoms with E-state index in [2.05, 4.69) is 5.32 Å². The molecule has 0 fully saturated rings. The third-order valence-electron chi connectivity index (χ3n) is 4.40. The Labute approximate surface area is 176 Å². The van der Waals surface area contributed by atoms with E-state index in [1.165, 1.54) is 14.2 Å². The van der Waals surface area contributed by atoms with Crippen LogP contribution in [0.25, 0.3) is 0 Å². The molecular formula is C20H25ClN2O5S. The van der Waals surface area contributed by atoms with Gasteiger partial charge in [0.25, 0.3) is 0 Å². The standard InChI is InChI=1S/C20H25ClN2O5S/c1-6-17(20(24)22-16-10-9-15(27-3)12-19(16)28-4)23(29(5,25)26)18-11-14(21)8-7-13(18)2/h7-12,17H,6H2,1-5H3,(H,22,24)/t17-/m0/s1. The number of nitrogens with one attached hydrogen (secondary N) is 1. The van der Waals surface area contributed by atoms with Gasteiger partial charge >= 0.3 is 0 Å². The highest BCUT2D eigenvalue weighted by Crippen LogP contribution is 2.32. The van der Waals surface area contributed by atoms with Gasteiger partial charge < -0.3 is 14.8 Å². The Balaban J connectivity index is 2.46. The molecule has 0 saturated carbocycles. The van der Waals surface area contributed by atoms with Crippen molar-refractivity contribution in [2.24, 2.45) is 0 Å². The first kappa shape index (κ1) is 22.8. The zero-order valence-corrected chi connectivity index (χ0v) is 18.6. The summed E-state index contributed by atoms with van der Waals surface area (Å²) in [6.45, 7) is 3.51. The quantitative estimate of drug-likeness (QED) is 0.673. The molecular weight excluding hydrogens is 416 g/mol. The molecule has 0 bridgehead atoms. The zero-order valence-electron chi connectivity index (χ0n) is 17.0. The van der Waals surface area contributed by atoms with Crippen LogP contribution >= 0.6 is 11.6 Å². The SMILES string of the molecule is CC[C@@H](C(=O)Nc1ccc(OC)cc1OC)N(c1cc(Cl)ccc1C)S(C)(=O)=O. The largest absolute Gasteiger partial charge is 0.497 e. The summed E-state index contributed by atoms with van der Waals surface area (Å²) >= 11 is 6.09. The van der Waals surface area contributed by atoms with Crippen LogP contribution in [0.15, 0.2) is 36.4 Å². The van der Waals surface area contributed by atoms with E-state index in [-0.39, 0.29) is 6.42 Å². The Hall–Kier alpha value is -2.45. The molecule has 0 heterocycles. The summed E-state index contributed by atoms with van der Waals surface area (Å²) < 4.78 is 36.8. The maximum atomic E-state index is 13.1. The first-order valence-corrected chi connectivity index (χ1v) is 11.1. The van der Waals surface area contributed by atoms with Crippen molar-refractivity contribution in [2.45, 2.75) is 26.3 Å². The van der Waals surface area contributed by atoms with Gasteiger partial charge in [-0.3, -0.25) is 9.10 Å². The molecule has 0 aliphatic carbocycles. The van der Waals surface area contributed by atoms with Gasteiger partial charge in [-0.05, 0) is 43.2 Å². The number of benzene rings is 2. The van der Waals surface area contributed by atoms with Gasteiger partial charge in [0.15, 0.2) is 0 Å². The van der Waals surface area contributed by atoms with Crippen molar-refractivity contribution in [1.82, 2.24) is 0 Å². The van der Waals surface area contributed by atoms with Crippen molar-refractivity contribution in [1.29, 1.82) is 0 Å². The average molecular weight is 441 g/mol. The first-order valence-electron chi connectivity index (χ1n) is 8.90. The van der Waals surface area contributed by atoms with Gasteiger partial charge in [-0.1, -0.05) is 24.6 Å². The van der Waals surface area contributed by atoms with Crippen LogP contribution in [0.1, 0.15) is 18.9 Å². The second kappa shape index (κ2) is 9.37. The van der Waals surface area contributed by atoms with E-state index in [1.807, 2.05) is 0 Å². The Morgan fingerprint density at radius 2 is 1.86 bits per heavy atom. The average Bonchev–Trinajstić information content (AvgIpc) is 2.67. The molecule has 2 aromatic carbocycles. The zero-order chi connectivity index (χ0) is 21.8. The molecule has 0 aliphatic rings. The summed E-state index contributed by atoms with van der Waals surface area (Å²) in [6.07, 6.45) is 1.32. The number of methoxy groups -OCH3 is 2. The van der Waals surface area contributed by atoms with E-state index in [0.29, 0.717) is 33.5 Å². The van der Waals surface area contributed by atoms with E-state index < -0.39 is 22.0 Å². The van der Waals surface area contributed by atoms with Crippen molar-refractivity contribution < 1.29 is 22.7 Å². The van der Waals surface area contributed by atoms with Crippen molar-refractivity contribution in [3.05, 3.63) is 47.0 Å². The molecule has 9 heteroatoms. The molecule has 1 amide bonds. The maximum Gasteiger partial charge on any atom is 0.248 e. The van der Waals surface area contributed by atoms with Gasteiger partial charge in [0.05, 0.1) is 31.9 Å². The molecule has 0 unspecified atom stereocenters. The van der Waals surface area contributed by atoms with Crippen molar-refractivity contribution in [3.8, 4) is 11.5 Å². The Kier molecular flexibility index (Phi) is 7.37. The van der Waals surface area contributed by atoms with E-state index >= 15 is 0 Å². The number of aryl methyl sites for hydroxylation is 1. The smallest absolute Gasteiger partial charge is 0.248 e. The molecule has 0 aromatic heterocycles. The molecule has 0 aliphatic heterocycles. The van der Waals surface area contributed by atoms with Gasteiger partial charge in [-0.15, -0.1) is 0 Å². The number of carbonyl (C=O) groups excluding carboxylic acids is 1. The highest BCUT2D eigenvalue weighted by atomic mass is 35.5. The molecule has 7 nitrogen and oxygen atoms in total. The van der Waals surface area contributed by atoms with Crippen molar-refractivity contribution >= 4 is 38.9 Å². The Morgan fingerprint density at radius 1 is 1.17 bits per heavy atom. The number of amides is 1. The van der Waals surface area contributed by atoms with Crippen LogP contribution in [-0.4, -0.2) is 40.8 Å². The molecule has 2 rings (SSSR count). The molecule has 1 N–H and O–H groups in total. The number of rotatable bonds is 8. The third kappa shape index (κ3) is 5.33. The fraction of sp³-hybridized carbons (Fsp3) is 0.350. The van der Waals surface area contributed by atoms with Crippen LogP contribution in [0.2, 0.25) is 5.02 Å². The van der Waals surface area contributed by atoms with E-state index in [0.717, 1.165) is 10.6 Å². The topological polar surface area (TPSA) is 84.9 Å². The molecule has 0 spiro atoms. The second-order valence-electron chi connectivity index (χ2n) is 6.47. The van der Waals surface area contributed by atoms with Gasteiger partial charge in [-0.2, -0.15) is 0 Å². The predicted molar refractivity (Wildman–Crippen MR) is 116 cm³/mol. The van der Waals surface area contributed by atoms with Gasteiger partial charge in [0, 0.05) is 11.1 Å². The van der Waals surface area contributed by atoms with E-state index in [9.17, 15) is 13.2 Å². The molecule has 0 saturated heterocycles. The molecule has 2 aromatic rings. The highest BCUT2D eigenvalue weighted by Gasteiger charge is 2.33. The number of carbonyl (C=O) groups is 1. The fourth-order valence-electron chi connectivity index (χ4n) is 2.97. The van der Waals surface area contributed by atoms with Crippen LogP contribution in [0, 0.1) is 6.92 Å². The van der Waals surface area contributed by atoms with Crippen molar-refractivity contribution in [2.75, 3.05) is 30.1 Å². The Bertz CT molecular complexity index is 994. The highest BCUT2D eigenvalue weighted by molar-refractivity contribution is 7.92. The lowest BCUT2D eigenvalue weighted by molar-refractivity contribution is -0.117. The molecule has 29 heavy (non-hydrogen) atoms. The normalized spacial score (nSPS) is 12.2. The maximum absolute atomic E-state index is 13.1. The summed E-state index contributed by atoms with van der Waals surface area (Å²) in [5.41, 5.74) is 1.46. The minimum absolute atomic E-state index is 0.253.